The van der Waals surface area contributed by atoms with Gasteiger partial charge in [0.25, 0.3) is 0 Å². The first-order valence-electron chi connectivity index (χ1n) is 6.54. The van der Waals surface area contributed by atoms with Crippen molar-refractivity contribution in [2.24, 2.45) is 5.92 Å². The molecule has 0 spiro atoms. The van der Waals surface area contributed by atoms with Gasteiger partial charge in [0.1, 0.15) is 0 Å². The molecule has 1 atom stereocenters. The number of hydrogen-bond acceptors (Lipinski definition) is 2. The van der Waals surface area contributed by atoms with E-state index in [0.29, 0.717) is 18.9 Å². The summed E-state index contributed by atoms with van der Waals surface area (Å²) in [5.41, 5.74) is 5.30. The molecule has 1 unspecified atom stereocenters. The Bertz CT molecular complexity index is 486. The van der Waals surface area contributed by atoms with E-state index < -0.39 is 0 Å². The number of rotatable bonds is 3. The maximum Gasteiger partial charge on any atom is 0.306 e. The normalized spacial score (nSPS) is 18.5. The first-order chi connectivity index (χ1) is 8.63. The Balaban J connectivity index is 2.23. The summed E-state index contributed by atoms with van der Waals surface area (Å²) in [5.74, 6) is 0.202. The van der Waals surface area contributed by atoms with E-state index in [2.05, 4.69) is 38.1 Å². The molecule has 0 aliphatic heterocycles. The lowest BCUT2D eigenvalue weighted by Gasteiger charge is -2.27. The predicted octanol–water partition coefficient (Wildman–Crippen LogP) is 3.61. The number of allylic oxidation sites excluding steroid dienone is 2. The van der Waals surface area contributed by atoms with Gasteiger partial charge < -0.3 is 4.74 Å². The average molecular weight is 244 g/mol. The van der Waals surface area contributed by atoms with Crippen LogP contribution in [0.4, 0.5) is 0 Å². The molecule has 1 aromatic carbocycles. The van der Waals surface area contributed by atoms with Crippen molar-refractivity contribution in [3.05, 3.63) is 41.0 Å². The van der Waals surface area contributed by atoms with Gasteiger partial charge in [0.15, 0.2) is 0 Å². The van der Waals surface area contributed by atoms with E-state index >= 15 is 0 Å². The molecule has 1 aliphatic carbocycles. The quantitative estimate of drug-likeness (QED) is 0.759. The molecule has 0 fully saturated rings. The number of benzene rings is 1. The van der Waals surface area contributed by atoms with Crippen LogP contribution in [0, 0.1) is 5.92 Å². The molecule has 0 aromatic heterocycles. The van der Waals surface area contributed by atoms with E-state index in [1.165, 1.54) is 22.3 Å². The molecule has 0 heterocycles. The summed E-state index contributed by atoms with van der Waals surface area (Å²) in [5, 5.41) is 0. The Labute approximate surface area is 109 Å². The Hall–Kier alpha value is -1.57. The number of fused-ring (bicyclic) bond motifs is 1. The van der Waals surface area contributed by atoms with Crippen LogP contribution in [0.15, 0.2) is 29.8 Å². The second-order valence-corrected chi connectivity index (χ2v) is 4.88. The van der Waals surface area contributed by atoms with Crippen LogP contribution in [-0.4, -0.2) is 12.6 Å². The molecule has 1 aliphatic rings. The van der Waals surface area contributed by atoms with Crippen LogP contribution >= 0.6 is 0 Å². The highest BCUT2D eigenvalue weighted by atomic mass is 16.5. The standard InChI is InChI=1S/C16H20O2/c1-4-18-16(17)10-14-9-13-7-5-6-8-15(13)12(3)11(14)2/h5-8,14H,4,9-10H2,1-3H3. The van der Waals surface area contributed by atoms with Crippen LogP contribution in [-0.2, 0) is 16.0 Å². The van der Waals surface area contributed by atoms with Crippen molar-refractivity contribution in [1.82, 2.24) is 0 Å². The third-order valence-corrected chi connectivity index (χ3v) is 3.81. The molecular weight excluding hydrogens is 224 g/mol. The van der Waals surface area contributed by atoms with Crippen LogP contribution < -0.4 is 0 Å². The molecule has 0 saturated carbocycles. The van der Waals surface area contributed by atoms with Gasteiger partial charge in [-0.1, -0.05) is 29.8 Å². The molecule has 0 N–H and O–H groups in total. The molecule has 0 saturated heterocycles. The summed E-state index contributed by atoms with van der Waals surface area (Å²) in [6, 6.07) is 8.45. The highest BCUT2D eigenvalue weighted by molar-refractivity contribution is 5.75. The highest BCUT2D eigenvalue weighted by Crippen LogP contribution is 2.35. The van der Waals surface area contributed by atoms with Gasteiger partial charge in [-0.15, -0.1) is 0 Å². The number of hydrogen-bond donors (Lipinski definition) is 0. The Morgan fingerprint density at radius 3 is 2.78 bits per heavy atom. The minimum absolute atomic E-state index is 0.0889. The maximum atomic E-state index is 11.6. The summed E-state index contributed by atoms with van der Waals surface area (Å²) in [4.78, 5) is 11.6. The zero-order valence-corrected chi connectivity index (χ0v) is 11.3. The smallest absolute Gasteiger partial charge is 0.306 e. The maximum absolute atomic E-state index is 11.6. The Morgan fingerprint density at radius 2 is 2.06 bits per heavy atom. The van der Waals surface area contributed by atoms with E-state index in [-0.39, 0.29) is 5.97 Å². The zero-order valence-electron chi connectivity index (χ0n) is 11.3. The first-order valence-corrected chi connectivity index (χ1v) is 6.54. The fourth-order valence-corrected chi connectivity index (χ4v) is 2.65. The van der Waals surface area contributed by atoms with Crippen molar-refractivity contribution >= 4 is 11.5 Å². The minimum atomic E-state index is -0.0889. The minimum Gasteiger partial charge on any atom is -0.466 e. The van der Waals surface area contributed by atoms with E-state index in [1.54, 1.807) is 0 Å². The molecule has 0 bridgehead atoms. The lowest BCUT2D eigenvalue weighted by Crippen LogP contribution is -2.19. The van der Waals surface area contributed by atoms with E-state index in [9.17, 15) is 4.79 Å². The predicted molar refractivity (Wildman–Crippen MR) is 73.2 cm³/mol. The average Bonchev–Trinajstić information content (AvgIpc) is 2.36. The molecular formula is C16H20O2. The van der Waals surface area contributed by atoms with Crippen LogP contribution in [0.2, 0.25) is 0 Å². The van der Waals surface area contributed by atoms with Crippen molar-refractivity contribution in [2.45, 2.75) is 33.6 Å². The summed E-state index contributed by atoms with van der Waals surface area (Å²) in [7, 11) is 0. The number of carbonyl (C=O) groups excluding carboxylic acids is 1. The molecule has 0 radical (unpaired) electrons. The molecule has 1 aromatic rings. The Morgan fingerprint density at radius 1 is 1.33 bits per heavy atom. The van der Waals surface area contributed by atoms with Crippen molar-refractivity contribution < 1.29 is 9.53 Å². The fourth-order valence-electron chi connectivity index (χ4n) is 2.65. The van der Waals surface area contributed by atoms with E-state index in [1.807, 2.05) is 6.92 Å². The van der Waals surface area contributed by atoms with Crippen LogP contribution in [0.25, 0.3) is 5.57 Å². The second kappa shape index (κ2) is 5.38. The van der Waals surface area contributed by atoms with Crippen LogP contribution in [0.3, 0.4) is 0 Å². The molecule has 2 nitrogen and oxygen atoms in total. The van der Waals surface area contributed by atoms with Gasteiger partial charge in [-0.05, 0) is 49.8 Å². The number of carbonyl (C=O) groups is 1. The zero-order chi connectivity index (χ0) is 13.1. The first kappa shape index (κ1) is 12.9. The largest absolute Gasteiger partial charge is 0.466 e. The lowest BCUT2D eigenvalue weighted by molar-refractivity contribution is -0.143. The van der Waals surface area contributed by atoms with Gasteiger partial charge in [-0.2, -0.15) is 0 Å². The number of esters is 1. The van der Waals surface area contributed by atoms with Crippen molar-refractivity contribution in [2.75, 3.05) is 6.61 Å². The molecule has 18 heavy (non-hydrogen) atoms. The van der Waals surface area contributed by atoms with Crippen molar-refractivity contribution in [1.29, 1.82) is 0 Å². The van der Waals surface area contributed by atoms with Crippen LogP contribution in [0.5, 0.6) is 0 Å². The molecule has 2 heteroatoms. The van der Waals surface area contributed by atoms with Gasteiger partial charge in [-0.3, -0.25) is 4.79 Å². The summed E-state index contributed by atoms with van der Waals surface area (Å²) >= 11 is 0. The second-order valence-electron chi connectivity index (χ2n) is 4.88. The van der Waals surface area contributed by atoms with Crippen molar-refractivity contribution in [3.63, 3.8) is 0 Å². The summed E-state index contributed by atoms with van der Waals surface area (Å²) < 4.78 is 5.05. The third kappa shape index (κ3) is 2.47. The van der Waals surface area contributed by atoms with E-state index in [0.717, 1.165) is 6.42 Å². The lowest BCUT2D eigenvalue weighted by atomic mass is 9.78. The summed E-state index contributed by atoms with van der Waals surface area (Å²) in [6.07, 6.45) is 1.43. The Kier molecular flexibility index (Phi) is 3.85. The topological polar surface area (TPSA) is 26.3 Å². The fraction of sp³-hybridized carbons (Fsp3) is 0.438. The van der Waals surface area contributed by atoms with Gasteiger partial charge in [0.2, 0.25) is 0 Å². The molecule has 0 amide bonds. The van der Waals surface area contributed by atoms with Gasteiger partial charge in [-0.25, -0.2) is 0 Å². The summed E-state index contributed by atoms with van der Waals surface area (Å²) in [6.45, 7) is 6.59. The van der Waals surface area contributed by atoms with Gasteiger partial charge >= 0.3 is 5.97 Å². The van der Waals surface area contributed by atoms with E-state index in [4.69, 9.17) is 4.74 Å². The highest BCUT2D eigenvalue weighted by Gasteiger charge is 2.24. The SMILES string of the molecule is CCOC(=O)CC1Cc2ccccc2C(C)=C1C. The van der Waals surface area contributed by atoms with Crippen molar-refractivity contribution in [3.8, 4) is 0 Å². The molecule has 96 valence electrons. The molecule has 2 rings (SSSR count). The van der Waals surface area contributed by atoms with Gasteiger partial charge in [0, 0.05) is 0 Å². The van der Waals surface area contributed by atoms with Crippen LogP contribution in [0.1, 0.15) is 38.3 Å². The number of ether oxygens (including phenoxy) is 1. The van der Waals surface area contributed by atoms with Gasteiger partial charge in [0.05, 0.1) is 13.0 Å². The monoisotopic (exact) mass is 244 g/mol. The third-order valence-electron chi connectivity index (χ3n) is 3.81.